The first kappa shape index (κ1) is 16.5. The van der Waals surface area contributed by atoms with E-state index in [1.54, 1.807) is 0 Å². The number of hydrogen-bond donors (Lipinski definition) is 1. The van der Waals surface area contributed by atoms with Gasteiger partial charge in [-0.25, -0.2) is 0 Å². The Labute approximate surface area is 159 Å². The molecule has 1 amide bonds. The number of hydrogen-bond acceptors (Lipinski definition) is 3. The molecule has 0 bridgehead atoms. The highest BCUT2D eigenvalue weighted by Gasteiger charge is 2.30. The maximum Gasteiger partial charge on any atom is 0.240 e. The number of rotatable bonds is 2. The fourth-order valence-electron chi connectivity index (χ4n) is 5.21. The van der Waals surface area contributed by atoms with Crippen molar-refractivity contribution in [3.05, 3.63) is 47.0 Å². The summed E-state index contributed by atoms with van der Waals surface area (Å²) in [5, 5.41) is 2.41. The van der Waals surface area contributed by atoms with Gasteiger partial charge in [0.15, 0.2) is 5.78 Å². The molecule has 0 unspecified atom stereocenters. The molecule has 1 saturated heterocycles. The molecule has 0 aromatic heterocycles. The van der Waals surface area contributed by atoms with Crippen molar-refractivity contribution in [3.63, 3.8) is 0 Å². The van der Waals surface area contributed by atoms with Crippen LogP contribution in [0.25, 0.3) is 16.3 Å². The Morgan fingerprint density at radius 3 is 2.78 bits per heavy atom. The number of Topliss-reactive ketones (excluding diaryl/α,β-unsaturated/α-hetero) is 1. The molecule has 1 heterocycles. The first-order chi connectivity index (χ1) is 13.1. The van der Waals surface area contributed by atoms with Crippen LogP contribution in [-0.4, -0.2) is 24.3 Å². The monoisotopic (exact) mass is 360 g/mol. The second-order valence-corrected chi connectivity index (χ2v) is 8.01. The number of carbonyl (C=O) groups is 2. The molecule has 1 atom stereocenters. The number of allylic oxidation sites excluding steroid dienone is 2. The third-order valence-electron chi connectivity index (χ3n) is 6.49. The maximum absolute atomic E-state index is 12.5. The number of primary amides is 1. The topological polar surface area (TPSA) is 63.4 Å². The maximum atomic E-state index is 12.5. The first-order valence-electron chi connectivity index (χ1n) is 10.0. The average molecular weight is 360 g/mol. The third kappa shape index (κ3) is 2.58. The number of nitrogens with zero attached hydrogens (tertiary/aromatic N) is 1. The number of fused-ring (bicyclic) bond motifs is 4. The van der Waals surface area contributed by atoms with E-state index in [0.717, 1.165) is 61.9 Å². The Balaban J connectivity index is 1.60. The van der Waals surface area contributed by atoms with E-state index in [-0.39, 0.29) is 11.9 Å². The van der Waals surface area contributed by atoms with Gasteiger partial charge in [0.25, 0.3) is 0 Å². The molecule has 1 fully saturated rings. The van der Waals surface area contributed by atoms with Crippen molar-refractivity contribution >= 4 is 33.7 Å². The van der Waals surface area contributed by atoms with Crippen LogP contribution in [0.3, 0.4) is 0 Å². The second kappa shape index (κ2) is 6.22. The summed E-state index contributed by atoms with van der Waals surface area (Å²) in [5.41, 5.74) is 11.5. The van der Waals surface area contributed by atoms with E-state index in [0.29, 0.717) is 12.2 Å². The van der Waals surface area contributed by atoms with Gasteiger partial charge < -0.3 is 10.6 Å². The predicted molar refractivity (Wildman–Crippen MR) is 108 cm³/mol. The Hall–Kier alpha value is -2.62. The van der Waals surface area contributed by atoms with Gasteiger partial charge in [-0.15, -0.1) is 0 Å². The van der Waals surface area contributed by atoms with Crippen LogP contribution in [0.1, 0.15) is 49.7 Å². The normalized spacial score (nSPS) is 22.1. The van der Waals surface area contributed by atoms with E-state index in [2.05, 4.69) is 35.2 Å². The lowest BCUT2D eigenvalue weighted by Crippen LogP contribution is -2.40. The predicted octanol–water partition coefficient (Wildman–Crippen LogP) is 3.75. The number of aryl methyl sites for hydroxylation is 1. The van der Waals surface area contributed by atoms with E-state index in [4.69, 9.17) is 5.73 Å². The van der Waals surface area contributed by atoms with Crippen molar-refractivity contribution in [2.45, 2.75) is 51.0 Å². The third-order valence-corrected chi connectivity index (χ3v) is 6.49. The van der Waals surface area contributed by atoms with Gasteiger partial charge in [0.2, 0.25) is 5.91 Å². The van der Waals surface area contributed by atoms with Gasteiger partial charge in [0.1, 0.15) is 6.04 Å². The molecule has 2 N–H and O–H groups in total. The van der Waals surface area contributed by atoms with E-state index in [9.17, 15) is 9.59 Å². The molecule has 2 aromatic carbocycles. The lowest BCUT2D eigenvalue weighted by atomic mass is 9.76. The minimum Gasteiger partial charge on any atom is -0.368 e. The average Bonchev–Trinajstić information content (AvgIpc) is 3.17. The van der Waals surface area contributed by atoms with Crippen molar-refractivity contribution in [1.29, 1.82) is 0 Å². The zero-order chi connectivity index (χ0) is 18.5. The van der Waals surface area contributed by atoms with Crippen molar-refractivity contribution < 1.29 is 9.59 Å². The summed E-state index contributed by atoms with van der Waals surface area (Å²) in [6, 6.07) is 10.5. The summed E-state index contributed by atoms with van der Waals surface area (Å²) in [6.07, 6.45) is 6.59. The van der Waals surface area contributed by atoms with E-state index in [1.807, 2.05) is 0 Å². The number of amides is 1. The van der Waals surface area contributed by atoms with Crippen LogP contribution in [0.2, 0.25) is 0 Å². The summed E-state index contributed by atoms with van der Waals surface area (Å²) >= 11 is 0. The highest BCUT2D eigenvalue weighted by atomic mass is 16.1. The number of benzene rings is 2. The molecule has 2 aromatic rings. The van der Waals surface area contributed by atoms with Crippen LogP contribution in [0.5, 0.6) is 0 Å². The first-order valence-corrected chi connectivity index (χ1v) is 10.0. The van der Waals surface area contributed by atoms with Gasteiger partial charge in [0, 0.05) is 24.2 Å². The zero-order valence-corrected chi connectivity index (χ0v) is 15.5. The molecule has 2 aliphatic carbocycles. The zero-order valence-electron chi connectivity index (χ0n) is 15.5. The molecule has 0 radical (unpaired) electrons. The minimum atomic E-state index is -0.242. The summed E-state index contributed by atoms with van der Waals surface area (Å²) < 4.78 is 0. The molecule has 5 rings (SSSR count). The van der Waals surface area contributed by atoms with E-state index >= 15 is 0 Å². The number of carbonyl (C=O) groups excluding carboxylic acids is 2. The van der Waals surface area contributed by atoms with Crippen LogP contribution >= 0.6 is 0 Å². The molecular weight excluding hydrogens is 336 g/mol. The van der Waals surface area contributed by atoms with Crippen molar-refractivity contribution in [2.75, 3.05) is 11.4 Å². The van der Waals surface area contributed by atoms with Gasteiger partial charge in [-0.2, -0.15) is 0 Å². The summed E-state index contributed by atoms with van der Waals surface area (Å²) in [5.74, 6) is 0.0721. The minimum absolute atomic E-state index is 0.201. The smallest absolute Gasteiger partial charge is 0.240 e. The molecule has 27 heavy (non-hydrogen) atoms. The summed E-state index contributed by atoms with van der Waals surface area (Å²) in [7, 11) is 0. The van der Waals surface area contributed by atoms with Crippen molar-refractivity contribution in [1.82, 2.24) is 0 Å². The summed E-state index contributed by atoms with van der Waals surface area (Å²) in [4.78, 5) is 26.4. The summed E-state index contributed by atoms with van der Waals surface area (Å²) in [6.45, 7) is 0.870. The van der Waals surface area contributed by atoms with E-state index in [1.165, 1.54) is 21.9 Å². The standard InChI is InChI=1S/C23H24N2O2/c24-23(27)20-4-2-12-25(20)16-8-11-17-15(13-16)7-10-19-18(17)9-6-14-3-1-5-21(26)22(14)19/h7-8,10-11,13,20H,1-6,9,12H2,(H2,24,27)/t20-/m1/s1. The van der Waals surface area contributed by atoms with Crippen LogP contribution in [0.4, 0.5) is 5.69 Å². The van der Waals surface area contributed by atoms with Gasteiger partial charge in [0.05, 0.1) is 0 Å². The van der Waals surface area contributed by atoms with E-state index < -0.39 is 0 Å². The number of ketones is 1. The SMILES string of the molecule is NC(=O)[C@H]1CCCN1c1ccc2c3c(ccc2c1)C1=C(CCCC1=O)CC3. The fourth-order valence-corrected chi connectivity index (χ4v) is 5.21. The molecule has 0 spiro atoms. The molecular formula is C23H24N2O2. The van der Waals surface area contributed by atoms with Crippen LogP contribution < -0.4 is 10.6 Å². The second-order valence-electron chi connectivity index (χ2n) is 8.01. The molecule has 4 nitrogen and oxygen atoms in total. The Bertz CT molecular complexity index is 1000. The Morgan fingerprint density at radius 1 is 1.04 bits per heavy atom. The number of anilines is 1. The lowest BCUT2D eigenvalue weighted by Gasteiger charge is -2.28. The van der Waals surface area contributed by atoms with Gasteiger partial charge in [-0.1, -0.05) is 23.8 Å². The van der Waals surface area contributed by atoms with Gasteiger partial charge in [-0.05, 0) is 72.6 Å². The highest BCUT2D eigenvalue weighted by Crippen LogP contribution is 2.41. The van der Waals surface area contributed by atoms with Crippen molar-refractivity contribution in [3.8, 4) is 0 Å². The lowest BCUT2D eigenvalue weighted by molar-refractivity contribution is -0.119. The Morgan fingerprint density at radius 2 is 1.93 bits per heavy atom. The number of nitrogens with two attached hydrogens (primary N) is 1. The van der Waals surface area contributed by atoms with Gasteiger partial charge >= 0.3 is 0 Å². The molecule has 1 aliphatic heterocycles. The van der Waals surface area contributed by atoms with Gasteiger partial charge in [-0.3, -0.25) is 9.59 Å². The molecule has 0 saturated carbocycles. The largest absolute Gasteiger partial charge is 0.368 e. The molecule has 3 aliphatic rings. The van der Waals surface area contributed by atoms with Crippen LogP contribution in [0.15, 0.2) is 35.9 Å². The fraction of sp³-hybridized carbons (Fsp3) is 0.391. The Kier molecular flexibility index (Phi) is 3.81. The van der Waals surface area contributed by atoms with Crippen LogP contribution in [0, 0.1) is 0 Å². The van der Waals surface area contributed by atoms with Crippen LogP contribution in [-0.2, 0) is 16.0 Å². The highest BCUT2D eigenvalue weighted by molar-refractivity contribution is 6.23. The quantitative estimate of drug-likeness (QED) is 0.887. The molecule has 138 valence electrons. The van der Waals surface area contributed by atoms with Crippen molar-refractivity contribution in [2.24, 2.45) is 5.73 Å². The molecule has 4 heteroatoms.